The van der Waals surface area contributed by atoms with E-state index in [4.69, 9.17) is 4.43 Å². The third-order valence-corrected chi connectivity index (χ3v) is 10.8. The van der Waals surface area contributed by atoms with Crippen molar-refractivity contribution in [2.45, 2.75) is 63.4 Å². The molecule has 1 aromatic rings. The molecule has 6 nitrogen and oxygen atoms in total. The van der Waals surface area contributed by atoms with Gasteiger partial charge in [0.1, 0.15) is 5.54 Å². The lowest BCUT2D eigenvalue weighted by molar-refractivity contribution is -0.123. The van der Waals surface area contributed by atoms with Crippen LogP contribution in [0.5, 0.6) is 0 Å². The summed E-state index contributed by atoms with van der Waals surface area (Å²) in [5, 5.41) is 5.40. The number of hydrogen-bond donors (Lipinski definition) is 2. The van der Waals surface area contributed by atoms with Gasteiger partial charge in [0.15, 0.2) is 8.32 Å². The van der Waals surface area contributed by atoms with E-state index in [0.717, 1.165) is 6.54 Å². The molecule has 2 saturated heterocycles. The summed E-state index contributed by atoms with van der Waals surface area (Å²) in [5.41, 5.74) is 0.351. The topological polar surface area (TPSA) is 70.7 Å². The number of benzene rings is 1. The van der Waals surface area contributed by atoms with Crippen LogP contribution in [0.3, 0.4) is 0 Å². The van der Waals surface area contributed by atoms with Gasteiger partial charge in [0, 0.05) is 25.7 Å². The number of amides is 3. The van der Waals surface area contributed by atoms with E-state index in [9.17, 15) is 9.59 Å². The number of carbonyl (C=O) groups is 2. The standard InChI is InChI=1S/C20H31N3O3Si/c1-19(2,3)27(4,5)26-13-16-11-20(17(24)21-18(25)22-20)14-23(16)12-15-9-7-6-8-10-15/h6-10,16H,11-14H2,1-5H3,(H2,21,22,24,25)/t16-,20+/m0/s1. The first-order valence-electron chi connectivity index (χ1n) is 9.58. The van der Waals surface area contributed by atoms with Gasteiger partial charge in [-0.05, 0) is 30.1 Å². The highest BCUT2D eigenvalue weighted by atomic mass is 28.4. The van der Waals surface area contributed by atoms with Gasteiger partial charge in [-0.1, -0.05) is 51.1 Å². The highest BCUT2D eigenvalue weighted by Gasteiger charge is 2.54. The van der Waals surface area contributed by atoms with Crippen molar-refractivity contribution in [2.24, 2.45) is 0 Å². The van der Waals surface area contributed by atoms with Crippen molar-refractivity contribution in [3.63, 3.8) is 0 Å². The Balaban J connectivity index is 1.78. The third kappa shape index (κ3) is 4.10. The fourth-order valence-electron chi connectivity index (χ4n) is 3.54. The molecule has 27 heavy (non-hydrogen) atoms. The molecule has 2 atom stereocenters. The molecule has 0 aliphatic carbocycles. The van der Waals surface area contributed by atoms with Crippen LogP contribution in [0.1, 0.15) is 32.8 Å². The summed E-state index contributed by atoms with van der Waals surface area (Å²) in [7, 11) is -1.89. The highest BCUT2D eigenvalue weighted by Crippen LogP contribution is 2.38. The summed E-state index contributed by atoms with van der Waals surface area (Å²) in [5.74, 6) is -0.222. The van der Waals surface area contributed by atoms with Gasteiger partial charge in [0.2, 0.25) is 0 Å². The van der Waals surface area contributed by atoms with E-state index in [-0.39, 0.29) is 17.0 Å². The first-order chi connectivity index (χ1) is 12.5. The molecule has 1 aromatic carbocycles. The molecule has 3 rings (SSSR count). The normalized spacial score (nSPS) is 26.5. The number of carbonyl (C=O) groups excluding carboxylic acids is 2. The van der Waals surface area contributed by atoms with Crippen molar-refractivity contribution in [2.75, 3.05) is 13.2 Å². The molecule has 2 heterocycles. The molecule has 0 unspecified atom stereocenters. The molecule has 2 N–H and O–H groups in total. The van der Waals surface area contributed by atoms with Crippen molar-refractivity contribution in [3.05, 3.63) is 35.9 Å². The number of rotatable bonds is 5. The van der Waals surface area contributed by atoms with Gasteiger partial charge >= 0.3 is 6.03 Å². The Kier molecular flexibility index (Phi) is 5.22. The minimum Gasteiger partial charge on any atom is -0.415 e. The summed E-state index contributed by atoms with van der Waals surface area (Å²) in [4.78, 5) is 26.5. The summed E-state index contributed by atoms with van der Waals surface area (Å²) < 4.78 is 6.46. The molecule has 0 radical (unpaired) electrons. The maximum atomic E-state index is 12.5. The molecule has 2 fully saturated rings. The lowest BCUT2D eigenvalue weighted by Gasteiger charge is -2.38. The number of likely N-dealkylation sites (tertiary alicyclic amines) is 1. The van der Waals surface area contributed by atoms with Gasteiger partial charge in [-0.15, -0.1) is 0 Å². The Morgan fingerprint density at radius 2 is 1.89 bits per heavy atom. The van der Waals surface area contributed by atoms with Crippen LogP contribution < -0.4 is 10.6 Å². The maximum Gasteiger partial charge on any atom is 0.322 e. The van der Waals surface area contributed by atoms with Crippen LogP contribution >= 0.6 is 0 Å². The monoisotopic (exact) mass is 389 g/mol. The average molecular weight is 390 g/mol. The molecule has 0 bridgehead atoms. The van der Waals surface area contributed by atoms with Crippen molar-refractivity contribution >= 4 is 20.3 Å². The second-order valence-electron chi connectivity index (χ2n) is 9.31. The van der Waals surface area contributed by atoms with Crippen molar-refractivity contribution in [1.29, 1.82) is 0 Å². The summed E-state index contributed by atoms with van der Waals surface area (Å²) >= 11 is 0. The lowest BCUT2D eigenvalue weighted by atomic mass is 9.97. The fourth-order valence-corrected chi connectivity index (χ4v) is 4.59. The second-order valence-corrected chi connectivity index (χ2v) is 14.1. The molecular weight excluding hydrogens is 358 g/mol. The third-order valence-electron chi connectivity index (χ3n) is 6.26. The smallest absolute Gasteiger partial charge is 0.322 e. The SMILES string of the molecule is CC(C)(C)[Si](C)(C)OC[C@@H]1C[C@]2(CN1Cc1ccccc1)NC(=O)NC2=O. The fraction of sp³-hybridized carbons (Fsp3) is 0.600. The predicted molar refractivity (Wildman–Crippen MR) is 108 cm³/mol. The Morgan fingerprint density at radius 3 is 2.44 bits per heavy atom. The minimum atomic E-state index is -1.89. The molecule has 7 heteroatoms. The largest absolute Gasteiger partial charge is 0.415 e. The summed E-state index contributed by atoms with van der Waals surface area (Å²) in [6.07, 6.45) is 0.575. The maximum absolute atomic E-state index is 12.5. The van der Waals surface area contributed by atoms with Crippen molar-refractivity contribution in [3.8, 4) is 0 Å². The number of hydrogen-bond acceptors (Lipinski definition) is 4. The van der Waals surface area contributed by atoms with Gasteiger partial charge in [0.05, 0.1) is 0 Å². The molecule has 0 saturated carbocycles. The van der Waals surface area contributed by atoms with E-state index < -0.39 is 19.9 Å². The van der Waals surface area contributed by atoms with Crippen LogP contribution in [0.15, 0.2) is 30.3 Å². The Morgan fingerprint density at radius 1 is 1.22 bits per heavy atom. The minimum absolute atomic E-state index is 0.0866. The van der Waals surface area contributed by atoms with Crippen LogP contribution in [-0.2, 0) is 15.8 Å². The molecule has 148 valence electrons. The van der Waals surface area contributed by atoms with Gasteiger partial charge < -0.3 is 9.74 Å². The first-order valence-corrected chi connectivity index (χ1v) is 12.5. The number of nitrogens with one attached hydrogen (secondary N) is 2. The zero-order valence-corrected chi connectivity index (χ0v) is 18.0. The molecular formula is C20H31N3O3Si. The Bertz CT molecular complexity index is 717. The van der Waals surface area contributed by atoms with Crippen LogP contribution in [0.25, 0.3) is 0 Å². The van der Waals surface area contributed by atoms with Crippen molar-refractivity contribution in [1.82, 2.24) is 15.5 Å². The van der Waals surface area contributed by atoms with Crippen LogP contribution in [-0.4, -0.2) is 49.9 Å². The zero-order valence-electron chi connectivity index (χ0n) is 17.0. The van der Waals surface area contributed by atoms with Gasteiger partial charge in [-0.2, -0.15) is 0 Å². The van der Waals surface area contributed by atoms with E-state index in [1.165, 1.54) is 5.56 Å². The van der Waals surface area contributed by atoms with E-state index in [0.29, 0.717) is 19.6 Å². The quantitative estimate of drug-likeness (QED) is 0.600. The Labute approximate surface area is 162 Å². The number of imide groups is 1. The second kappa shape index (κ2) is 7.03. The highest BCUT2D eigenvalue weighted by molar-refractivity contribution is 6.74. The zero-order chi connectivity index (χ0) is 19.9. The molecule has 2 aliphatic heterocycles. The lowest BCUT2D eigenvalue weighted by Crippen LogP contribution is -2.48. The van der Waals surface area contributed by atoms with Crippen LogP contribution in [0.2, 0.25) is 18.1 Å². The van der Waals surface area contributed by atoms with E-state index >= 15 is 0 Å². The summed E-state index contributed by atoms with van der Waals surface area (Å²) in [6, 6.07) is 9.90. The molecule has 0 aromatic heterocycles. The van der Waals surface area contributed by atoms with Gasteiger partial charge in [-0.3, -0.25) is 15.0 Å². The Hall–Kier alpha value is -1.70. The molecule has 2 aliphatic rings. The van der Waals surface area contributed by atoms with Crippen LogP contribution in [0.4, 0.5) is 4.79 Å². The van der Waals surface area contributed by atoms with Crippen LogP contribution in [0, 0.1) is 0 Å². The van der Waals surface area contributed by atoms with Gasteiger partial charge in [0.25, 0.3) is 5.91 Å². The molecule has 1 spiro atoms. The van der Waals surface area contributed by atoms with Crippen molar-refractivity contribution < 1.29 is 14.0 Å². The van der Waals surface area contributed by atoms with E-state index in [1.54, 1.807) is 0 Å². The van der Waals surface area contributed by atoms with Gasteiger partial charge in [-0.25, -0.2) is 4.79 Å². The summed E-state index contributed by atoms with van der Waals surface area (Å²) in [6.45, 7) is 13.0. The first kappa shape index (κ1) is 20.0. The predicted octanol–water partition coefficient (Wildman–Crippen LogP) is 2.86. The number of urea groups is 1. The molecule has 3 amide bonds. The van der Waals surface area contributed by atoms with E-state index in [1.807, 2.05) is 18.2 Å². The van der Waals surface area contributed by atoms with E-state index in [2.05, 4.69) is 61.5 Å². The average Bonchev–Trinajstić information content (AvgIpc) is 3.04. The number of nitrogens with zero attached hydrogens (tertiary/aromatic N) is 1.